The van der Waals surface area contributed by atoms with Crippen LogP contribution in [0.2, 0.25) is 0 Å². The Hall–Kier alpha value is -2.50. The van der Waals surface area contributed by atoms with Crippen molar-refractivity contribution in [1.82, 2.24) is 9.97 Å². The van der Waals surface area contributed by atoms with Crippen molar-refractivity contribution in [2.75, 3.05) is 17.2 Å². The molecule has 1 aromatic heterocycles. The van der Waals surface area contributed by atoms with Gasteiger partial charge in [-0.15, -0.1) is 0 Å². The summed E-state index contributed by atoms with van der Waals surface area (Å²) in [6, 6.07) is 5.98. The Bertz CT molecular complexity index is 586. The van der Waals surface area contributed by atoms with Gasteiger partial charge in [-0.25, -0.2) is 14.4 Å². The van der Waals surface area contributed by atoms with E-state index < -0.39 is 11.7 Å². The van der Waals surface area contributed by atoms with E-state index in [4.69, 9.17) is 0 Å². The van der Waals surface area contributed by atoms with E-state index in [-0.39, 0.29) is 11.3 Å². The van der Waals surface area contributed by atoms with Gasteiger partial charge in [-0.05, 0) is 18.6 Å². The summed E-state index contributed by atoms with van der Waals surface area (Å²) in [7, 11) is 0. The molecule has 0 fully saturated rings. The van der Waals surface area contributed by atoms with Gasteiger partial charge in [0.25, 0.3) is 5.91 Å². The second kappa shape index (κ2) is 6.60. The highest BCUT2D eigenvalue weighted by Gasteiger charge is 2.09. The van der Waals surface area contributed by atoms with E-state index in [1.807, 2.05) is 6.92 Å². The fourth-order valence-corrected chi connectivity index (χ4v) is 1.53. The van der Waals surface area contributed by atoms with Crippen LogP contribution in [-0.2, 0) is 0 Å². The molecular formula is C14H15FN4O. The Labute approximate surface area is 116 Å². The molecule has 0 saturated heterocycles. The number of nitrogens with one attached hydrogen (secondary N) is 2. The summed E-state index contributed by atoms with van der Waals surface area (Å²) in [4.78, 5) is 20.0. The first-order valence-electron chi connectivity index (χ1n) is 6.32. The van der Waals surface area contributed by atoms with Gasteiger partial charge in [-0.3, -0.25) is 4.79 Å². The smallest absolute Gasteiger partial charge is 0.258 e. The van der Waals surface area contributed by atoms with Gasteiger partial charge in [-0.2, -0.15) is 0 Å². The normalized spacial score (nSPS) is 10.1. The van der Waals surface area contributed by atoms with Crippen molar-refractivity contribution in [3.63, 3.8) is 0 Å². The van der Waals surface area contributed by atoms with Gasteiger partial charge in [0.2, 0.25) is 5.95 Å². The Morgan fingerprint density at radius 3 is 2.60 bits per heavy atom. The molecule has 0 aliphatic rings. The monoisotopic (exact) mass is 274 g/mol. The molecule has 0 bridgehead atoms. The number of nitrogens with zero attached hydrogens (tertiary/aromatic N) is 2. The molecule has 2 aromatic rings. The number of aromatic nitrogens is 2. The van der Waals surface area contributed by atoms with Crippen LogP contribution in [0.3, 0.4) is 0 Å². The van der Waals surface area contributed by atoms with Crippen molar-refractivity contribution in [3.05, 3.63) is 48.0 Å². The van der Waals surface area contributed by atoms with Crippen LogP contribution < -0.4 is 10.6 Å². The molecule has 0 atom stereocenters. The average Bonchev–Trinajstić information content (AvgIpc) is 2.48. The fourth-order valence-electron chi connectivity index (χ4n) is 1.53. The number of halogens is 1. The van der Waals surface area contributed by atoms with Crippen LogP contribution in [0.4, 0.5) is 16.0 Å². The first kappa shape index (κ1) is 13.9. The van der Waals surface area contributed by atoms with Crippen molar-refractivity contribution >= 4 is 17.5 Å². The van der Waals surface area contributed by atoms with Crippen LogP contribution in [0.25, 0.3) is 0 Å². The topological polar surface area (TPSA) is 66.9 Å². The van der Waals surface area contributed by atoms with E-state index in [2.05, 4.69) is 20.6 Å². The molecule has 0 spiro atoms. The van der Waals surface area contributed by atoms with Gasteiger partial charge in [0.15, 0.2) is 0 Å². The zero-order chi connectivity index (χ0) is 14.4. The number of benzene rings is 1. The van der Waals surface area contributed by atoms with E-state index >= 15 is 0 Å². The predicted octanol–water partition coefficient (Wildman–Crippen LogP) is 2.69. The van der Waals surface area contributed by atoms with Crippen LogP contribution in [0.15, 0.2) is 36.7 Å². The van der Waals surface area contributed by atoms with Crippen molar-refractivity contribution in [1.29, 1.82) is 0 Å². The summed E-state index contributed by atoms with van der Waals surface area (Å²) in [6.07, 6.45) is 3.77. The quantitative estimate of drug-likeness (QED) is 0.879. The Morgan fingerprint density at radius 1 is 1.25 bits per heavy atom. The third kappa shape index (κ3) is 3.50. The molecule has 5 nitrogen and oxygen atoms in total. The van der Waals surface area contributed by atoms with E-state index in [0.717, 1.165) is 13.0 Å². The lowest BCUT2D eigenvalue weighted by atomic mass is 10.2. The van der Waals surface area contributed by atoms with Crippen molar-refractivity contribution < 1.29 is 9.18 Å². The third-order valence-corrected chi connectivity index (χ3v) is 2.57. The lowest BCUT2D eigenvalue weighted by molar-refractivity contribution is 0.102. The van der Waals surface area contributed by atoms with Crippen LogP contribution in [0.5, 0.6) is 0 Å². The highest BCUT2D eigenvalue weighted by atomic mass is 19.1. The first-order chi connectivity index (χ1) is 9.70. The largest absolute Gasteiger partial charge is 0.354 e. The molecule has 2 rings (SSSR count). The minimum atomic E-state index is -0.483. The van der Waals surface area contributed by atoms with Crippen molar-refractivity contribution in [3.8, 4) is 0 Å². The number of rotatable bonds is 5. The van der Waals surface area contributed by atoms with Crippen LogP contribution in [0, 0.1) is 5.82 Å². The van der Waals surface area contributed by atoms with Crippen molar-refractivity contribution in [2.45, 2.75) is 13.3 Å². The SMILES string of the molecule is CCCNc1ncc(C(=O)Nc2ccccc2F)cn1. The summed E-state index contributed by atoms with van der Waals surface area (Å²) in [6.45, 7) is 2.80. The van der Waals surface area contributed by atoms with E-state index in [0.29, 0.717) is 5.95 Å². The molecule has 0 radical (unpaired) electrons. The van der Waals surface area contributed by atoms with Gasteiger partial charge >= 0.3 is 0 Å². The maximum absolute atomic E-state index is 13.4. The van der Waals surface area contributed by atoms with E-state index in [9.17, 15) is 9.18 Å². The summed E-state index contributed by atoms with van der Waals surface area (Å²) in [5.41, 5.74) is 0.404. The second-order valence-corrected chi connectivity index (χ2v) is 4.16. The minimum absolute atomic E-state index is 0.130. The van der Waals surface area contributed by atoms with Crippen LogP contribution in [0.1, 0.15) is 23.7 Å². The molecule has 2 N–H and O–H groups in total. The molecular weight excluding hydrogens is 259 g/mol. The van der Waals surface area contributed by atoms with Gasteiger partial charge < -0.3 is 10.6 Å². The Balaban J connectivity index is 2.04. The number of hydrogen-bond donors (Lipinski definition) is 2. The number of hydrogen-bond acceptors (Lipinski definition) is 4. The molecule has 6 heteroatoms. The molecule has 0 unspecified atom stereocenters. The number of carbonyl (C=O) groups is 1. The molecule has 0 aliphatic carbocycles. The number of anilines is 2. The predicted molar refractivity (Wildman–Crippen MR) is 75.2 cm³/mol. The van der Waals surface area contributed by atoms with Gasteiger partial charge in [-0.1, -0.05) is 19.1 Å². The molecule has 0 aliphatic heterocycles. The molecule has 1 heterocycles. The lowest BCUT2D eigenvalue weighted by Crippen LogP contribution is -2.14. The zero-order valence-electron chi connectivity index (χ0n) is 11.1. The van der Waals surface area contributed by atoms with Crippen molar-refractivity contribution in [2.24, 2.45) is 0 Å². The van der Waals surface area contributed by atoms with E-state index in [1.165, 1.54) is 24.5 Å². The van der Waals surface area contributed by atoms with Gasteiger partial charge in [0.1, 0.15) is 5.82 Å². The third-order valence-electron chi connectivity index (χ3n) is 2.57. The Kier molecular flexibility index (Phi) is 4.60. The summed E-state index contributed by atoms with van der Waals surface area (Å²) >= 11 is 0. The van der Waals surface area contributed by atoms with Gasteiger partial charge in [0.05, 0.1) is 11.3 Å². The summed E-state index contributed by atoms with van der Waals surface area (Å²) in [5, 5.41) is 5.48. The maximum atomic E-state index is 13.4. The Morgan fingerprint density at radius 2 is 1.95 bits per heavy atom. The molecule has 0 saturated carbocycles. The number of para-hydroxylation sites is 1. The molecule has 1 amide bonds. The van der Waals surface area contributed by atoms with Gasteiger partial charge in [0, 0.05) is 18.9 Å². The molecule has 20 heavy (non-hydrogen) atoms. The summed E-state index contributed by atoms with van der Waals surface area (Å²) < 4.78 is 13.4. The fraction of sp³-hybridized carbons (Fsp3) is 0.214. The first-order valence-corrected chi connectivity index (χ1v) is 6.32. The standard InChI is InChI=1S/C14H15FN4O/c1-2-7-16-14-17-8-10(9-18-14)13(20)19-12-6-4-3-5-11(12)15/h3-6,8-9H,2,7H2,1H3,(H,19,20)(H,16,17,18). The summed E-state index contributed by atoms with van der Waals surface area (Å²) in [5.74, 6) is -0.463. The van der Waals surface area contributed by atoms with Crippen LogP contribution >= 0.6 is 0 Å². The molecule has 1 aromatic carbocycles. The zero-order valence-corrected chi connectivity index (χ0v) is 11.1. The number of amides is 1. The maximum Gasteiger partial charge on any atom is 0.258 e. The average molecular weight is 274 g/mol. The van der Waals surface area contributed by atoms with E-state index in [1.54, 1.807) is 12.1 Å². The van der Waals surface area contributed by atoms with Crippen LogP contribution in [-0.4, -0.2) is 22.4 Å². The second-order valence-electron chi connectivity index (χ2n) is 4.16. The number of carbonyl (C=O) groups excluding carboxylic acids is 1. The highest BCUT2D eigenvalue weighted by molar-refractivity contribution is 6.03. The lowest BCUT2D eigenvalue weighted by Gasteiger charge is -2.06. The highest BCUT2D eigenvalue weighted by Crippen LogP contribution is 2.13. The minimum Gasteiger partial charge on any atom is -0.354 e. The molecule has 104 valence electrons.